The van der Waals surface area contributed by atoms with Gasteiger partial charge in [-0.05, 0) is 30.2 Å². The van der Waals surface area contributed by atoms with Crippen molar-refractivity contribution in [3.8, 4) is 11.5 Å². The van der Waals surface area contributed by atoms with Crippen LogP contribution in [0.2, 0.25) is 0 Å². The first-order chi connectivity index (χ1) is 11.3. The molecule has 1 aromatic carbocycles. The Balaban J connectivity index is 0.00000288. The lowest BCUT2D eigenvalue weighted by molar-refractivity contribution is 0.354. The van der Waals surface area contributed by atoms with E-state index in [1.165, 1.54) is 5.56 Å². The van der Waals surface area contributed by atoms with Gasteiger partial charge in [0.2, 0.25) is 0 Å². The molecule has 0 saturated carbocycles. The maximum atomic E-state index is 5.31. The molecule has 0 aliphatic heterocycles. The molecule has 2 aromatic rings. The van der Waals surface area contributed by atoms with Crippen LogP contribution >= 0.6 is 24.0 Å². The summed E-state index contributed by atoms with van der Waals surface area (Å²) in [5, 5.41) is 13.3. The number of hydrogen-bond acceptors (Lipinski definition) is 4. The van der Waals surface area contributed by atoms with E-state index in [0.29, 0.717) is 6.54 Å². The minimum Gasteiger partial charge on any atom is -0.493 e. The van der Waals surface area contributed by atoms with Gasteiger partial charge in [-0.15, -0.1) is 24.0 Å². The van der Waals surface area contributed by atoms with Crippen LogP contribution in [0.3, 0.4) is 0 Å². The Hall–Kier alpha value is -1.97. The van der Waals surface area contributed by atoms with E-state index in [4.69, 9.17) is 9.47 Å². The second-order valence-electron chi connectivity index (χ2n) is 4.87. The summed E-state index contributed by atoms with van der Waals surface area (Å²) in [7, 11) is 5.02. The quantitative estimate of drug-likeness (QED) is 0.345. The second-order valence-corrected chi connectivity index (χ2v) is 4.87. The molecule has 0 saturated heterocycles. The summed E-state index contributed by atoms with van der Waals surface area (Å²) in [6.45, 7) is 1.41. The number of ether oxygens (including phenoxy) is 2. The number of rotatable bonds is 7. The van der Waals surface area contributed by atoms with Crippen LogP contribution in [0.1, 0.15) is 11.3 Å². The van der Waals surface area contributed by atoms with Crippen LogP contribution < -0.4 is 20.1 Å². The lowest BCUT2D eigenvalue weighted by atomic mass is 10.1. The van der Waals surface area contributed by atoms with Gasteiger partial charge in [0.1, 0.15) is 0 Å². The molecular formula is C16H24IN5O2. The van der Waals surface area contributed by atoms with E-state index in [0.717, 1.165) is 36.1 Å². The number of nitrogens with one attached hydrogen (secondary N) is 3. The van der Waals surface area contributed by atoms with Crippen LogP contribution in [0, 0.1) is 0 Å². The standard InChI is InChI=1S/C16H23N5O2.HI/c1-17-16(19-11-13-7-9-20-21-13)18-8-6-12-4-5-14(22-2)15(10-12)23-3;/h4-5,7,9-10H,6,8,11H2,1-3H3,(H,20,21)(H2,17,18,19);1H. The van der Waals surface area contributed by atoms with Crippen molar-refractivity contribution < 1.29 is 9.47 Å². The van der Waals surface area contributed by atoms with Crippen molar-refractivity contribution >= 4 is 29.9 Å². The van der Waals surface area contributed by atoms with Gasteiger partial charge < -0.3 is 20.1 Å². The smallest absolute Gasteiger partial charge is 0.191 e. The van der Waals surface area contributed by atoms with Gasteiger partial charge >= 0.3 is 0 Å². The summed E-state index contributed by atoms with van der Waals surface area (Å²) in [6.07, 6.45) is 2.58. The van der Waals surface area contributed by atoms with Crippen molar-refractivity contribution in [3.05, 3.63) is 41.7 Å². The van der Waals surface area contributed by atoms with E-state index < -0.39 is 0 Å². The highest BCUT2D eigenvalue weighted by atomic mass is 127. The second kappa shape index (κ2) is 10.7. The minimum absolute atomic E-state index is 0. The number of halogens is 1. The predicted molar refractivity (Wildman–Crippen MR) is 105 cm³/mol. The van der Waals surface area contributed by atoms with Gasteiger partial charge in [-0.3, -0.25) is 10.1 Å². The monoisotopic (exact) mass is 445 g/mol. The number of methoxy groups -OCH3 is 2. The largest absolute Gasteiger partial charge is 0.493 e. The van der Waals surface area contributed by atoms with Gasteiger partial charge in [0.25, 0.3) is 0 Å². The third-order valence-corrected chi connectivity index (χ3v) is 3.38. The molecule has 7 nitrogen and oxygen atoms in total. The molecule has 0 aliphatic carbocycles. The van der Waals surface area contributed by atoms with Crippen molar-refractivity contribution in [1.82, 2.24) is 20.8 Å². The van der Waals surface area contributed by atoms with Crippen LogP contribution in [0.15, 0.2) is 35.5 Å². The lowest BCUT2D eigenvalue weighted by Crippen LogP contribution is -2.37. The Bertz CT molecular complexity index is 631. The topological polar surface area (TPSA) is 83.6 Å². The van der Waals surface area contributed by atoms with Gasteiger partial charge in [0.15, 0.2) is 17.5 Å². The highest BCUT2D eigenvalue weighted by Gasteiger charge is 2.05. The number of nitrogens with zero attached hydrogens (tertiary/aromatic N) is 2. The van der Waals surface area contributed by atoms with Gasteiger partial charge in [-0.2, -0.15) is 5.10 Å². The summed E-state index contributed by atoms with van der Waals surface area (Å²) in [4.78, 5) is 4.20. The molecule has 1 aromatic heterocycles. The number of aromatic amines is 1. The molecule has 0 atom stereocenters. The highest BCUT2D eigenvalue weighted by molar-refractivity contribution is 14.0. The molecule has 0 aliphatic rings. The number of aromatic nitrogens is 2. The van der Waals surface area contributed by atoms with Crippen molar-refractivity contribution in [2.24, 2.45) is 4.99 Å². The zero-order valence-electron chi connectivity index (χ0n) is 14.1. The van der Waals surface area contributed by atoms with E-state index in [9.17, 15) is 0 Å². The van der Waals surface area contributed by atoms with Gasteiger partial charge in [0, 0.05) is 19.8 Å². The van der Waals surface area contributed by atoms with E-state index in [2.05, 4.69) is 25.8 Å². The third kappa shape index (κ3) is 5.91. The highest BCUT2D eigenvalue weighted by Crippen LogP contribution is 2.27. The van der Waals surface area contributed by atoms with E-state index in [1.54, 1.807) is 27.5 Å². The molecule has 8 heteroatoms. The molecule has 2 rings (SSSR count). The molecule has 1 heterocycles. The minimum atomic E-state index is 0. The molecule has 0 spiro atoms. The molecule has 3 N–H and O–H groups in total. The Morgan fingerprint density at radius 2 is 1.96 bits per heavy atom. The third-order valence-electron chi connectivity index (χ3n) is 3.38. The Labute approximate surface area is 159 Å². The molecule has 132 valence electrons. The Kier molecular flexibility index (Phi) is 8.98. The fourth-order valence-corrected chi connectivity index (χ4v) is 2.14. The van der Waals surface area contributed by atoms with Crippen molar-refractivity contribution in [3.63, 3.8) is 0 Å². The fourth-order valence-electron chi connectivity index (χ4n) is 2.14. The van der Waals surface area contributed by atoms with Crippen molar-refractivity contribution in [1.29, 1.82) is 0 Å². The average Bonchev–Trinajstić information content (AvgIpc) is 3.11. The summed E-state index contributed by atoms with van der Waals surface area (Å²) in [5.74, 6) is 2.23. The number of hydrogen-bond donors (Lipinski definition) is 3. The van der Waals surface area contributed by atoms with Crippen molar-refractivity contribution in [2.75, 3.05) is 27.8 Å². The molecule has 0 fully saturated rings. The first kappa shape index (κ1) is 20.1. The molecule has 0 unspecified atom stereocenters. The average molecular weight is 445 g/mol. The maximum absolute atomic E-state index is 5.31. The molecule has 24 heavy (non-hydrogen) atoms. The summed E-state index contributed by atoms with van der Waals surface area (Å²) >= 11 is 0. The number of guanidine groups is 1. The summed E-state index contributed by atoms with van der Waals surface area (Å²) < 4.78 is 10.6. The molecular weight excluding hydrogens is 421 g/mol. The number of H-pyrrole nitrogens is 1. The normalized spacial score (nSPS) is 10.7. The lowest BCUT2D eigenvalue weighted by Gasteiger charge is -2.12. The number of benzene rings is 1. The van der Waals surface area contributed by atoms with Crippen LogP contribution in [0.4, 0.5) is 0 Å². The Morgan fingerprint density at radius 3 is 2.58 bits per heavy atom. The van der Waals surface area contributed by atoms with Crippen LogP contribution in [0.5, 0.6) is 11.5 Å². The maximum Gasteiger partial charge on any atom is 0.191 e. The number of aliphatic imine (C=N–C) groups is 1. The van der Waals surface area contributed by atoms with E-state index in [-0.39, 0.29) is 24.0 Å². The van der Waals surface area contributed by atoms with Gasteiger partial charge in [0.05, 0.1) is 26.5 Å². The first-order valence-electron chi connectivity index (χ1n) is 7.40. The van der Waals surface area contributed by atoms with Crippen LogP contribution in [-0.2, 0) is 13.0 Å². The first-order valence-corrected chi connectivity index (χ1v) is 7.40. The molecule has 0 bridgehead atoms. The summed E-state index contributed by atoms with van der Waals surface area (Å²) in [5.41, 5.74) is 2.17. The Morgan fingerprint density at radius 1 is 1.17 bits per heavy atom. The molecule has 0 amide bonds. The van der Waals surface area contributed by atoms with Gasteiger partial charge in [-0.1, -0.05) is 6.07 Å². The van der Waals surface area contributed by atoms with Crippen molar-refractivity contribution in [2.45, 2.75) is 13.0 Å². The summed E-state index contributed by atoms with van der Waals surface area (Å²) in [6, 6.07) is 7.86. The predicted octanol–water partition coefficient (Wildman–Crippen LogP) is 1.95. The van der Waals surface area contributed by atoms with E-state index >= 15 is 0 Å². The van der Waals surface area contributed by atoms with Gasteiger partial charge in [-0.25, -0.2) is 0 Å². The fraction of sp³-hybridized carbons (Fsp3) is 0.375. The molecule has 0 radical (unpaired) electrons. The van der Waals surface area contributed by atoms with Crippen LogP contribution in [0.25, 0.3) is 0 Å². The zero-order chi connectivity index (χ0) is 16.5. The van der Waals surface area contributed by atoms with Crippen LogP contribution in [-0.4, -0.2) is 44.0 Å². The van der Waals surface area contributed by atoms with E-state index in [1.807, 2.05) is 24.3 Å². The zero-order valence-corrected chi connectivity index (χ0v) is 16.5. The SMILES string of the molecule is CN=C(NCCc1ccc(OC)c(OC)c1)NCc1ccn[nH]1.I.